The van der Waals surface area contributed by atoms with Gasteiger partial charge >= 0.3 is 6.36 Å². The maximum atomic E-state index is 12.5. The molecule has 3 aromatic rings. The van der Waals surface area contributed by atoms with Crippen LogP contribution in [0.3, 0.4) is 0 Å². The zero-order valence-electron chi connectivity index (χ0n) is 17.8. The minimum atomic E-state index is -4.73. The molecule has 2 heterocycles. The van der Waals surface area contributed by atoms with Gasteiger partial charge < -0.3 is 4.74 Å². The van der Waals surface area contributed by atoms with E-state index < -0.39 is 17.6 Å². The van der Waals surface area contributed by atoms with E-state index in [0.29, 0.717) is 18.0 Å². The molecule has 1 fully saturated rings. The molecule has 1 N–H and O–H groups in total. The van der Waals surface area contributed by atoms with Gasteiger partial charge in [0.25, 0.3) is 11.3 Å². The Kier molecular flexibility index (Phi) is 7.58. The number of likely N-dealkylation sites (tertiary alicyclic amines) is 1. The van der Waals surface area contributed by atoms with E-state index in [4.69, 9.17) is 0 Å². The van der Waals surface area contributed by atoms with Gasteiger partial charge in [0, 0.05) is 10.7 Å². The van der Waals surface area contributed by atoms with Crippen molar-refractivity contribution in [1.29, 1.82) is 0 Å². The number of hydrogen-bond donors (Lipinski definition) is 1. The monoisotopic (exact) mass is 498 g/mol. The van der Waals surface area contributed by atoms with Crippen LogP contribution in [0.2, 0.25) is 0 Å². The Labute approximate surface area is 197 Å². The number of thiophene rings is 1. The smallest absolute Gasteiger partial charge is 0.406 e. The van der Waals surface area contributed by atoms with Crippen molar-refractivity contribution in [3.63, 3.8) is 0 Å². The van der Waals surface area contributed by atoms with Gasteiger partial charge in [0.05, 0.1) is 6.54 Å². The Morgan fingerprint density at radius 2 is 1.79 bits per heavy atom. The number of rotatable bonds is 8. The first-order chi connectivity index (χ1) is 15.8. The van der Waals surface area contributed by atoms with Gasteiger partial charge in [-0.1, -0.05) is 36.8 Å². The van der Waals surface area contributed by atoms with Crippen LogP contribution < -0.4 is 9.04 Å². The highest BCUT2D eigenvalue weighted by molar-refractivity contribution is 7.81. The summed E-state index contributed by atoms with van der Waals surface area (Å²) in [6, 6.07) is 15.5. The maximum absolute atomic E-state index is 12.5. The largest absolute Gasteiger partial charge is 0.573 e. The summed E-state index contributed by atoms with van der Waals surface area (Å²) in [4.78, 5) is 2.32. The third-order valence-corrected chi connectivity index (χ3v) is 7.74. The highest BCUT2D eigenvalue weighted by atomic mass is 32.2. The average molecular weight is 499 g/mol. The summed E-state index contributed by atoms with van der Waals surface area (Å²) in [5.41, 5.74) is 0.847. The molecule has 0 aliphatic carbocycles. The van der Waals surface area contributed by atoms with Crippen LogP contribution in [0, 0.1) is 0 Å². The molecule has 2 aromatic carbocycles. The Morgan fingerprint density at radius 1 is 1.09 bits per heavy atom. The molecule has 0 saturated carbocycles. The van der Waals surface area contributed by atoms with E-state index in [1.807, 2.05) is 30.3 Å². The second-order valence-corrected chi connectivity index (χ2v) is 10.0. The summed E-state index contributed by atoms with van der Waals surface area (Å²) >= 11 is -0.740. The van der Waals surface area contributed by atoms with Crippen LogP contribution in [0.15, 0.2) is 54.6 Å². The van der Waals surface area contributed by atoms with Crippen LogP contribution in [0.1, 0.15) is 24.8 Å². The van der Waals surface area contributed by atoms with Crippen molar-refractivity contribution < 1.29 is 26.7 Å². The summed E-state index contributed by atoms with van der Waals surface area (Å²) in [6.07, 6.45) is -0.919. The summed E-state index contributed by atoms with van der Waals surface area (Å²) in [5.74, 6) is -0.260. The molecule has 178 valence electrons. The molecule has 1 aromatic heterocycles. The second-order valence-electron chi connectivity index (χ2n) is 8.06. The molecular weight excluding hydrogens is 473 g/mol. The summed E-state index contributed by atoms with van der Waals surface area (Å²) in [6.45, 7) is 2.10. The molecule has 2 unspecified atom stereocenters. The number of anilines is 1. The number of piperidine rings is 1. The van der Waals surface area contributed by atoms with Crippen LogP contribution in [0.5, 0.6) is 5.75 Å². The molecule has 1 aliphatic rings. The fourth-order valence-corrected chi connectivity index (χ4v) is 5.99. The average Bonchev–Trinajstić information content (AvgIpc) is 3.21. The first-order valence-electron chi connectivity index (χ1n) is 10.7. The van der Waals surface area contributed by atoms with Gasteiger partial charge in [0.2, 0.25) is 0 Å². The van der Waals surface area contributed by atoms with Gasteiger partial charge in [-0.3, -0.25) is 13.8 Å². The van der Waals surface area contributed by atoms with Crippen molar-refractivity contribution in [2.75, 3.05) is 23.9 Å². The Morgan fingerprint density at radius 3 is 2.42 bits per heavy atom. The van der Waals surface area contributed by atoms with E-state index in [9.17, 15) is 21.9 Å². The van der Waals surface area contributed by atoms with Crippen LogP contribution >= 0.6 is 11.3 Å². The van der Waals surface area contributed by atoms with Gasteiger partial charge in [-0.25, -0.2) is 4.21 Å². The molecule has 0 spiro atoms. The molecule has 0 bridgehead atoms. The fraction of sp³-hybridized carbons (Fsp3) is 0.391. The van der Waals surface area contributed by atoms with E-state index in [1.165, 1.54) is 27.8 Å². The van der Waals surface area contributed by atoms with Gasteiger partial charge in [-0.05, 0) is 67.6 Å². The molecule has 10 heteroatoms. The lowest BCUT2D eigenvalue weighted by Gasteiger charge is -2.37. The van der Waals surface area contributed by atoms with Crippen LogP contribution in [0.25, 0.3) is 10.1 Å². The molecule has 33 heavy (non-hydrogen) atoms. The zero-order valence-corrected chi connectivity index (χ0v) is 19.5. The lowest BCUT2D eigenvalue weighted by molar-refractivity contribution is -0.274. The van der Waals surface area contributed by atoms with Crippen molar-refractivity contribution in [2.24, 2.45) is 0 Å². The predicted octanol–water partition coefficient (Wildman–Crippen LogP) is 5.84. The van der Waals surface area contributed by atoms with E-state index in [0.717, 1.165) is 48.0 Å². The van der Waals surface area contributed by atoms with E-state index in [1.54, 1.807) is 12.1 Å². The summed E-state index contributed by atoms with van der Waals surface area (Å²) in [5, 5.41) is 1.73. The quantitative estimate of drug-likeness (QED) is 0.397. The molecular formula is C23H25F3N2O3S2. The number of alkyl halides is 3. The molecule has 1 saturated heterocycles. The van der Waals surface area contributed by atoms with Gasteiger partial charge in [0.1, 0.15) is 10.8 Å². The molecule has 0 radical (unpaired) electrons. The summed E-state index contributed by atoms with van der Waals surface area (Å²) in [7, 11) is 0. The first-order valence-corrected chi connectivity index (χ1v) is 12.6. The fourth-order valence-electron chi connectivity index (χ4n) is 4.20. The van der Waals surface area contributed by atoms with Crippen molar-refractivity contribution in [3.8, 4) is 5.75 Å². The maximum Gasteiger partial charge on any atom is 0.573 e. The lowest BCUT2D eigenvalue weighted by Crippen LogP contribution is -2.47. The zero-order chi connectivity index (χ0) is 23.4. The minimum Gasteiger partial charge on any atom is -0.406 e. The molecule has 4 rings (SSSR count). The molecule has 5 nitrogen and oxygen atoms in total. The number of ether oxygens (including phenoxy) is 1. The van der Waals surface area contributed by atoms with Crippen molar-refractivity contribution in [1.82, 2.24) is 4.90 Å². The van der Waals surface area contributed by atoms with Crippen molar-refractivity contribution in [3.05, 3.63) is 60.2 Å². The standard InChI is InChI=1S/C23H25F3N2O3S2/c24-23(25,26)31-20-10-8-17(9-11-20)14-19(27-12-4-1-5-13-27)16-28(33(29)30)22-15-18-6-2-3-7-21(18)32-22/h2-3,6-11,15,19H,1,4-5,12-14,16H2,(H,29,30). The van der Waals surface area contributed by atoms with Crippen LogP contribution in [0.4, 0.5) is 18.2 Å². The lowest BCUT2D eigenvalue weighted by atomic mass is 10.0. The van der Waals surface area contributed by atoms with Crippen molar-refractivity contribution >= 4 is 37.7 Å². The van der Waals surface area contributed by atoms with E-state index in [2.05, 4.69) is 9.64 Å². The highest BCUT2D eigenvalue weighted by Crippen LogP contribution is 2.34. The number of fused-ring (bicyclic) bond motifs is 1. The molecule has 0 amide bonds. The third kappa shape index (κ3) is 6.47. The second kappa shape index (κ2) is 10.4. The topological polar surface area (TPSA) is 53.0 Å². The van der Waals surface area contributed by atoms with Crippen molar-refractivity contribution in [2.45, 2.75) is 38.1 Å². The van der Waals surface area contributed by atoms with E-state index in [-0.39, 0.29) is 11.8 Å². The SMILES string of the molecule is O=S(O)N(CC(Cc1ccc(OC(F)(F)F)cc1)N1CCCCC1)c1cc2ccccc2s1. The molecule has 1 aliphatic heterocycles. The normalized spacial score (nSPS) is 17.1. The van der Waals surface area contributed by atoms with Crippen LogP contribution in [-0.4, -0.2) is 45.7 Å². The highest BCUT2D eigenvalue weighted by Gasteiger charge is 2.31. The number of halogens is 3. The number of hydrogen-bond acceptors (Lipinski definition) is 4. The minimum absolute atomic E-state index is 0.0685. The van der Waals surface area contributed by atoms with E-state index >= 15 is 0 Å². The first kappa shape index (κ1) is 24.0. The predicted molar refractivity (Wildman–Crippen MR) is 126 cm³/mol. The van der Waals surface area contributed by atoms with Crippen LogP contribution in [-0.2, 0) is 17.7 Å². The Bertz CT molecular complexity index is 1050. The summed E-state index contributed by atoms with van der Waals surface area (Å²) < 4.78 is 66.4. The third-order valence-electron chi connectivity index (χ3n) is 5.76. The Hall–Kier alpha value is -2.14. The van der Waals surface area contributed by atoms with Gasteiger partial charge in [-0.2, -0.15) is 0 Å². The Balaban J connectivity index is 1.56. The van der Waals surface area contributed by atoms with Gasteiger partial charge in [-0.15, -0.1) is 24.5 Å². The number of benzene rings is 2. The number of nitrogens with zero attached hydrogens (tertiary/aromatic N) is 2. The molecule has 2 atom stereocenters. The van der Waals surface area contributed by atoms with Gasteiger partial charge in [0.15, 0.2) is 0 Å².